The van der Waals surface area contributed by atoms with E-state index in [2.05, 4.69) is 91.8 Å². The molecule has 1 atom stereocenters. The highest BCUT2D eigenvalue weighted by molar-refractivity contribution is 6.03. The van der Waals surface area contributed by atoms with Gasteiger partial charge in [-0.05, 0) is 181 Å². The number of ether oxygens (including phenoxy) is 4. The smallest absolute Gasteiger partial charge is 0.343 e. The first-order valence-corrected chi connectivity index (χ1v) is 27.5. The number of hydrogen-bond acceptors (Lipinski definition) is 8. The van der Waals surface area contributed by atoms with E-state index in [0.717, 1.165) is 75.9 Å². The minimum Gasteiger partial charge on any atom is -0.488 e. The highest BCUT2D eigenvalue weighted by Crippen LogP contribution is 2.44. The molecule has 0 spiro atoms. The lowest BCUT2D eigenvalue weighted by atomic mass is 9.69. The molecule has 8 heteroatoms. The average molecular weight is 1040 g/mol. The predicted octanol–water partition coefficient (Wildman–Crippen LogP) is 17.4. The van der Waals surface area contributed by atoms with Crippen LogP contribution in [0.25, 0.3) is 0 Å². The van der Waals surface area contributed by atoms with Crippen LogP contribution in [0.5, 0.6) is 23.0 Å². The molecule has 0 aliphatic carbocycles. The fourth-order valence-corrected chi connectivity index (χ4v) is 10.2. The summed E-state index contributed by atoms with van der Waals surface area (Å²) in [5.41, 5.74) is 6.17. The molecule has 8 nitrogen and oxygen atoms in total. The van der Waals surface area contributed by atoms with Gasteiger partial charge < -0.3 is 18.9 Å². The Morgan fingerprint density at radius 1 is 0.403 bits per heavy atom. The van der Waals surface area contributed by atoms with Gasteiger partial charge in [0.25, 0.3) is 0 Å². The third-order valence-electron chi connectivity index (χ3n) is 17.0. The first-order chi connectivity index (χ1) is 36.0. The number of aryl methyl sites for hydroxylation is 4. The maximum atomic E-state index is 14.6. The molecule has 0 aliphatic heterocycles. The molecule has 0 heterocycles. The zero-order valence-corrected chi connectivity index (χ0v) is 49.3. The Morgan fingerprint density at radius 3 is 1.19 bits per heavy atom. The molecule has 77 heavy (non-hydrogen) atoms. The minimum atomic E-state index is -1.03. The largest absolute Gasteiger partial charge is 0.488 e. The van der Waals surface area contributed by atoms with E-state index in [1.165, 1.54) is 0 Å². The van der Waals surface area contributed by atoms with Gasteiger partial charge in [0.2, 0.25) is 0 Å². The van der Waals surface area contributed by atoms with E-state index in [-0.39, 0.29) is 28.1 Å². The SMILES string of the molecule is CCCC(C)(C)Oc1ccc(C(C)(C)c2ccc(OC(=O)c3cccc(C(=O)C(C)(C)C(C)(CC)Oc4ccc(C(C)(C)c5ccc(OC(=O)c6ccc(C(=O)C(C)(CC)CC)cc6)c(C)c5)cc4C)c3)c(C)c2)cc1C. The van der Waals surface area contributed by atoms with Gasteiger partial charge in [-0.1, -0.05) is 142 Å². The first-order valence-electron chi connectivity index (χ1n) is 27.5. The van der Waals surface area contributed by atoms with Gasteiger partial charge in [-0.3, -0.25) is 9.59 Å². The van der Waals surface area contributed by atoms with Crippen LogP contribution in [0.15, 0.2) is 121 Å². The van der Waals surface area contributed by atoms with Crippen molar-refractivity contribution >= 4 is 23.5 Å². The topological polar surface area (TPSA) is 105 Å². The van der Waals surface area contributed by atoms with E-state index in [4.69, 9.17) is 18.9 Å². The number of esters is 2. The zero-order valence-electron chi connectivity index (χ0n) is 49.3. The highest BCUT2D eigenvalue weighted by atomic mass is 16.5. The van der Waals surface area contributed by atoms with Gasteiger partial charge in [0.1, 0.15) is 34.2 Å². The molecule has 6 aromatic carbocycles. The maximum absolute atomic E-state index is 14.6. The van der Waals surface area contributed by atoms with E-state index in [1.807, 2.05) is 106 Å². The summed E-state index contributed by atoms with van der Waals surface area (Å²) in [6, 6.07) is 37.8. The number of carbonyl (C=O) groups excluding carboxylic acids is 4. The molecule has 0 saturated heterocycles. The van der Waals surface area contributed by atoms with Crippen molar-refractivity contribution in [1.82, 2.24) is 0 Å². The summed E-state index contributed by atoms with van der Waals surface area (Å²) >= 11 is 0. The maximum Gasteiger partial charge on any atom is 0.343 e. The van der Waals surface area contributed by atoms with E-state index in [1.54, 1.807) is 48.5 Å². The van der Waals surface area contributed by atoms with E-state index >= 15 is 0 Å². The molecular formula is C69H84O8. The molecule has 0 radical (unpaired) electrons. The predicted molar refractivity (Wildman–Crippen MR) is 312 cm³/mol. The van der Waals surface area contributed by atoms with Crippen molar-refractivity contribution in [1.29, 1.82) is 0 Å². The molecule has 6 rings (SSSR count). The van der Waals surface area contributed by atoms with Gasteiger partial charge in [0.05, 0.1) is 16.5 Å². The van der Waals surface area contributed by atoms with E-state index < -0.39 is 33.8 Å². The number of benzene rings is 6. The van der Waals surface area contributed by atoms with E-state index in [0.29, 0.717) is 40.4 Å². The Morgan fingerprint density at radius 2 is 0.792 bits per heavy atom. The van der Waals surface area contributed by atoms with Crippen LogP contribution in [0, 0.1) is 38.5 Å². The summed E-state index contributed by atoms with van der Waals surface area (Å²) in [6.45, 7) is 36.9. The number of carbonyl (C=O) groups is 4. The second kappa shape index (κ2) is 23.0. The number of Topliss-reactive ketones (excluding diaryl/α,β-unsaturated/α-hetero) is 2. The van der Waals surface area contributed by atoms with E-state index in [9.17, 15) is 19.2 Å². The van der Waals surface area contributed by atoms with Gasteiger partial charge >= 0.3 is 11.9 Å². The standard InChI is InChI=1S/C69H84O8/c1-19-38-64(9,10)76-58-36-32-54(41-46(58)7)65(11,12)53-31-35-57(45(6)40-53)75-63(73)51-25-23-24-50(43-51)60(70)67(15,16)69(18,22-4)77-59-37-33-55(42-47(59)8)66(13,14)52-30-34-56(44(5)39-52)74-62(72)49-28-26-48(27-29-49)61(71)68(17,20-2)21-3/h23-37,39-43H,19-22,38H2,1-18H3. The van der Waals surface area contributed by atoms with Crippen molar-refractivity contribution < 1.29 is 38.1 Å². The van der Waals surface area contributed by atoms with Gasteiger partial charge in [-0.25, -0.2) is 9.59 Å². The Hall–Kier alpha value is -6.80. The summed E-state index contributed by atoms with van der Waals surface area (Å²) in [4.78, 5) is 54.9. The number of hydrogen-bond donors (Lipinski definition) is 0. The molecule has 408 valence electrons. The van der Waals surface area contributed by atoms with Crippen LogP contribution in [-0.2, 0) is 10.8 Å². The van der Waals surface area contributed by atoms with Gasteiger partial charge in [0, 0.05) is 27.4 Å². The molecule has 0 aliphatic rings. The van der Waals surface area contributed by atoms with Gasteiger partial charge in [-0.15, -0.1) is 0 Å². The number of rotatable bonds is 22. The van der Waals surface area contributed by atoms with Crippen molar-refractivity contribution in [2.45, 2.75) is 179 Å². The second-order valence-electron chi connectivity index (χ2n) is 24.0. The number of ketones is 2. The first kappa shape index (κ1) is 59.4. The average Bonchev–Trinajstić information content (AvgIpc) is 3.39. The fourth-order valence-electron chi connectivity index (χ4n) is 10.2. The Balaban J connectivity index is 1.12. The molecule has 1 unspecified atom stereocenters. The van der Waals surface area contributed by atoms with Crippen molar-refractivity contribution in [2.24, 2.45) is 10.8 Å². The van der Waals surface area contributed by atoms with Crippen LogP contribution in [0.4, 0.5) is 0 Å². The molecule has 6 aromatic rings. The molecule has 0 fully saturated rings. The lowest BCUT2D eigenvalue weighted by molar-refractivity contribution is -0.0175. The molecule has 0 bridgehead atoms. The van der Waals surface area contributed by atoms with Gasteiger partial charge in [0.15, 0.2) is 11.6 Å². The molecular weight excluding hydrogens is 957 g/mol. The molecule has 0 amide bonds. The summed E-state index contributed by atoms with van der Waals surface area (Å²) in [5.74, 6) is 1.35. The van der Waals surface area contributed by atoms with Crippen LogP contribution in [0.1, 0.15) is 215 Å². The van der Waals surface area contributed by atoms with Gasteiger partial charge in [-0.2, -0.15) is 0 Å². The van der Waals surface area contributed by atoms with Crippen LogP contribution in [0.3, 0.4) is 0 Å². The van der Waals surface area contributed by atoms with Crippen LogP contribution in [0.2, 0.25) is 0 Å². The van der Waals surface area contributed by atoms with Crippen LogP contribution in [-0.4, -0.2) is 34.7 Å². The Kier molecular flexibility index (Phi) is 17.8. The quantitative estimate of drug-likeness (QED) is 0.0376. The molecule has 0 saturated carbocycles. The third-order valence-corrected chi connectivity index (χ3v) is 17.0. The lowest BCUT2D eigenvalue weighted by Crippen LogP contribution is -2.51. The van der Waals surface area contributed by atoms with Crippen LogP contribution >= 0.6 is 0 Å². The molecule has 0 N–H and O–H groups in total. The zero-order chi connectivity index (χ0) is 57.1. The molecule has 0 aromatic heterocycles. The van der Waals surface area contributed by atoms with Crippen LogP contribution < -0.4 is 18.9 Å². The summed E-state index contributed by atoms with van der Waals surface area (Å²) in [6.07, 6.45) is 4.03. The summed E-state index contributed by atoms with van der Waals surface area (Å²) < 4.78 is 25.2. The lowest BCUT2D eigenvalue weighted by Gasteiger charge is -2.43. The summed E-state index contributed by atoms with van der Waals surface area (Å²) in [5, 5.41) is 0. The highest BCUT2D eigenvalue weighted by Gasteiger charge is 2.48. The van der Waals surface area contributed by atoms with Crippen molar-refractivity contribution in [3.8, 4) is 23.0 Å². The van der Waals surface area contributed by atoms with Crippen molar-refractivity contribution in [3.63, 3.8) is 0 Å². The second-order valence-corrected chi connectivity index (χ2v) is 24.0. The Labute approximate surface area is 460 Å². The van der Waals surface area contributed by atoms with Crippen molar-refractivity contribution in [3.05, 3.63) is 188 Å². The normalized spacial score (nSPS) is 13.1. The fraction of sp³-hybridized carbons (Fsp3) is 0.420. The Bertz CT molecular complexity index is 3150. The minimum absolute atomic E-state index is 0.0746. The summed E-state index contributed by atoms with van der Waals surface area (Å²) in [7, 11) is 0. The third kappa shape index (κ3) is 12.6. The van der Waals surface area contributed by atoms with Crippen molar-refractivity contribution in [2.75, 3.05) is 0 Å². The monoisotopic (exact) mass is 1040 g/mol.